The number of pyridine rings is 1. The summed E-state index contributed by atoms with van der Waals surface area (Å²) in [5, 5.41) is 27.9. The summed E-state index contributed by atoms with van der Waals surface area (Å²) in [7, 11) is 0. The van der Waals surface area contributed by atoms with Gasteiger partial charge in [-0.25, -0.2) is 0 Å². The number of nitrogens with zero attached hydrogens (tertiary/aromatic N) is 2. The van der Waals surface area contributed by atoms with Crippen LogP contribution in [0.5, 0.6) is 0 Å². The van der Waals surface area contributed by atoms with E-state index in [9.17, 15) is 10.3 Å². The van der Waals surface area contributed by atoms with E-state index in [4.69, 9.17) is 0 Å². The highest BCUT2D eigenvalue weighted by Gasteiger charge is 2.54. The fourth-order valence-corrected chi connectivity index (χ4v) is 2.88. The van der Waals surface area contributed by atoms with Crippen molar-refractivity contribution in [3.8, 4) is 0 Å². The average Bonchev–Trinajstić information content (AvgIpc) is 2.70. The van der Waals surface area contributed by atoms with Crippen LogP contribution in [-0.4, -0.2) is 20.7 Å². The van der Waals surface area contributed by atoms with Crippen LogP contribution in [0.25, 0.3) is 0 Å². The second-order valence-electron chi connectivity index (χ2n) is 5.82. The fraction of sp³-hybridized carbons (Fsp3) is 0.312. The number of aliphatic hydroxyl groups is 1. The van der Waals surface area contributed by atoms with Crippen LogP contribution >= 0.6 is 0 Å². The minimum Gasteiger partial charge on any atom is -0.782 e. The molecule has 1 aromatic heterocycles. The first-order chi connectivity index (χ1) is 9.97. The molecule has 110 valence electrons. The molecule has 1 unspecified atom stereocenters. The third kappa shape index (κ3) is 2.06. The molecule has 5 nitrogen and oxygen atoms in total. The molecule has 1 saturated heterocycles. The van der Waals surface area contributed by atoms with Crippen LogP contribution in [0.15, 0.2) is 54.9 Å². The minimum absolute atomic E-state index is 0.573. The summed E-state index contributed by atoms with van der Waals surface area (Å²) < 4.78 is 0. The normalized spacial score (nSPS) is 28.7. The molecular weight excluding hydrogens is 266 g/mol. The molecule has 1 aromatic carbocycles. The Hall–Kier alpha value is -1.79. The Bertz CT molecular complexity index is 618. The molecule has 2 N–H and O–H groups in total. The summed E-state index contributed by atoms with van der Waals surface area (Å²) in [6, 6.07) is 12.6. The third-order valence-electron chi connectivity index (χ3n) is 4.10. The maximum atomic E-state index is 12.8. The minimum atomic E-state index is -1.64. The second kappa shape index (κ2) is 4.89. The van der Waals surface area contributed by atoms with Crippen molar-refractivity contribution in [2.75, 3.05) is 0 Å². The topological polar surface area (TPSA) is 71.5 Å². The highest BCUT2D eigenvalue weighted by Crippen LogP contribution is 2.46. The molecule has 21 heavy (non-hydrogen) atoms. The van der Waals surface area contributed by atoms with Gasteiger partial charge in [-0.1, -0.05) is 36.4 Å². The van der Waals surface area contributed by atoms with E-state index in [1.54, 1.807) is 30.6 Å². The summed E-state index contributed by atoms with van der Waals surface area (Å²) in [4.78, 5) is 4.04. The van der Waals surface area contributed by atoms with E-state index in [2.05, 4.69) is 10.3 Å². The van der Waals surface area contributed by atoms with Gasteiger partial charge < -0.3 is 15.4 Å². The van der Waals surface area contributed by atoms with Gasteiger partial charge in [0.05, 0.1) is 11.7 Å². The van der Waals surface area contributed by atoms with Crippen molar-refractivity contribution in [3.63, 3.8) is 0 Å². The molecule has 0 radical (unpaired) electrons. The first-order valence-electron chi connectivity index (χ1n) is 6.89. The molecule has 0 amide bonds. The zero-order valence-electron chi connectivity index (χ0n) is 12.0. The summed E-state index contributed by atoms with van der Waals surface area (Å²) in [6.45, 7) is 3.64. The van der Waals surface area contributed by atoms with E-state index >= 15 is 0 Å². The fourth-order valence-electron chi connectivity index (χ4n) is 2.88. The number of hydroxylamine groups is 2. The SMILES string of the molecule is CC1(C)NC(c2cccnc2)N([O-])[C@]1(O)c1ccccc1. The van der Waals surface area contributed by atoms with Crippen LogP contribution in [0.1, 0.15) is 31.1 Å². The van der Waals surface area contributed by atoms with Gasteiger partial charge in [0.25, 0.3) is 0 Å². The van der Waals surface area contributed by atoms with Gasteiger partial charge in [0.2, 0.25) is 0 Å². The van der Waals surface area contributed by atoms with E-state index in [1.165, 1.54) is 0 Å². The van der Waals surface area contributed by atoms with Crippen molar-refractivity contribution in [2.45, 2.75) is 31.3 Å². The zero-order chi connectivity index (χ0) is 15.1. The number of rotatable bonds is 2. The van der Waals surface area contributed by atoms with Gasteiger partial charge in [-0.05, 0) is 25.5 Å². The lowest BCUT2D eigenvalue weighted by atomic mass is 9.86. The Morgan fingerprint density at radius 2 is 1.90 bits per heavy atom. The lowest BCUT2D eigenvalue weighted by Gasteiger charge is -2.46. The number of benzene rings is 1. The first-order valence-corrected chi connectivity index (χ1v) is 6.89. The van der Waals surface area contributed by atoms with Crippen molar-refractivity contribution >= 4 is 0 Å². The lowest BCUT2D eigenvalue weighted by Crippen LogP contribution is -2.53. The second-order valence-corrected chi connectivity index (χ2v) is 5.82. The summed E-state index contributed by atoms with van der Waals surface area (Å²) in [6.07, 6.45) is 2.65. The van der Waals surface area contributed by atoms with Crippen molar-refractivity contribution in [2.24, 2.45) is 0 Å². The van der Waals surface area contributed by atoms with Gasteiger partial charge in [-0.2, -0.15) is 0 Å². The maximum absolute atomic E-state index is 12.8. The Morgan fingerprint density at radius 3 is 2.52 bits per heavy atom. The molecule has 3 rings (SSSR count). The quantitative estimate of drug-likeness (QED) is 0.883. The predicted molar refractivity (Wildman–Crippen MR) is 79.7 cm³/mol. The molecule has 5 heteroatoms. The molecule has 0 bridgehead atoms. The molecule has 0 aliphatic carbocycles. The van der Waals surface area contributed by atoms with Gasteiger partial charge in [0.15, 0.2) is 5.72 Å². The summed E-state index contributed by atoms with van der Waals surface area (Å²) in [5.41, 5.74) is -1.15. The van der Waals surface area contributed by atoms with E-state index in [0.717, 1.165) is 10.6 Å². The highest BCUT2D eigenvalue weighted by molar-refractivity contribution is 5.31. The van der Waals surface area contributed by atoms with Gasteiger partial charge in [0, 0.05) is 18.0 Å². The van der Waals surface area contributed by atoms with Crippen LogP contribution < -0.4 is 5.32 Å². The van der Waals surface area contributed by atoms with Gasteiger partial charge in [-0.3, -0.25) is 10.3 Å². The van der Waals surface area contributed by atoms with Crippen LogP contribution in [0.4, 0.5) is 0 Å². The summed E-state index contributed by atoms with van der Waals surface area (Å²) in [5.74, 6) is 0. The van der Waals surface area contributed by atoms with E-state index in [0.29, 0.717) is 5.56 Å². The largest absolute Gasteiger partial charge is 0.782 e. The van der Waals surface area contributed by atoms with E-state index in [1.807, 2.05) is 38.1 Å². The monoisotopic (exact) mass is 284 g/mol. The zero-order valence-corrected chi connectivity index (χ0v) is 12.0. The third-order valence-corrected chi connectivity index (χ3v) is 4.10. The molecule has 1 aliphatic heterocycles. The molecule has 1 aliphatic rings. The smallest absolute Gasteiger partial charge is 0.152 e. The lowest BCUT2D eigenvalue weighted by molar-refractivity contribution is -0.109. The number of hydrogen-bond donors (Lipinski definition) is 2. The van der Waals surface area contributed by atoms with Crippen LogP contribution in [0.2, 0.25) is 0 Å². The average molecular weight is 284 g/mol. The molecule has 2 atom stereocenters. The van der Waals surface area contributed by atoms with Crippen LogP contribution in [-0.2, 0) is 5.72 Å². The summed E-state index contributed by atoms with van der Waals surface area (Å²) >= 11 is 0. The highest BCUT2D eigenvalue weighted by atomic mass is 16.6. The van der Waals surface area contributed by atoms with E-state index in [-0.39, 0.29) is 0 Å². The van der Waals surface area contributed by atoms with Gasteiger partial charge in [-0.15, -0.1) is 0 Å². The Balaban J connectivity index is 2.06. The van der Waals surface area contributed by atoms with E-state index < -0.39 is 17.4 Å². The van der Waals surface area contributed by atoms with Crippen LogP contribution in [0.3, 0.4) is 0 Å². The Morgan fingerprint density at radius 1 is 1.19 bits per heavy atom. The predicted octanol–water partition coefficient (Wildman–Crippen LogP) is 2.11. The molecule has 2 aromatic rings. The molecule has 2 heterocycles. The molecular formula is C16H18N3O2-. The Labute approximate surface area is 123 Å². The van der Waals surface area contributed by atoms with Crippen molar-refractivity contribution in [1.82, 2.24) is 15.4 Å². The van der Waals surface area contributed by atoms with Crippen molar-refractivity contribution in [1.29, 1.82) is 0 Å². The Kier molecular flexibility index (Phi) is 3.30. The number of aromatic nitrogens is 1. The molecule has 1 fully saturated rings. The van der Waals surface area contributed by atoms with Crippen LogP contribution in [0, 0.1) is 5.21 Å². The molecule has 0 spiro atoms. The van der Waals surface area contributed by atoms with Gasteiger partial charge >= 0.3 is 0 Å². The van der Waals surface area contributed by atoms with Crippen molar-refractivity contribution < 1.29 is 5.11 Å². The van der Waals surface area contributed by atoms with Crippen molar-refractivity contribution in [3.05, 3.63) is 71.2 Å². The maximum Gasteiger partial charge on any atom is 0.152 e. The first kappa shape index (κ1) is 14.2. The standard InChI is InChI=1S/C16H18N3O2/c1-15(2)16(20,13-8-4-3-5-9-13)19(21)14(18-15)12-7-6-10-17-11-12/h3-11,14,18,20H,1-2H3/q-1/t14?,16-/m0/s1. The number of hydrogen-bond acceptors (Lipinski definition) is 5. The number of nitrogens with one attached hydrogen (secondary N) is 1. The molecule has 0 saturated carbocycles. The van der Waals surface area contributed by atoms with Gasteiger partial charge in [0.1, 0.15) is 0 Å².